The fourth-order valence-electron chi connectivity index (χ4n) is 3.31. The van der Waals surface area contributed by atoms with Gasteiger partial charge in [-0.3, -0.25) is 4.68 Å². The maximum absolute atomic E-state index is 13.4. The molecule has 1 aromatic heterocycles. The molecule has 0 saturated heterocycles. The number of aliphatic hydroxyl groups excluding tert-OH is 1. The van der Waals surface area contributed by atoms with Crippen molar-refractivity contribution < 1.29 is 14.3 Å². The lowest BCUT2D eigenvalue weighted by atomic mass is 10.1. The van der Waals surface area contributed by atoms with E-state index in [1.54, 1.807) is 22.7 Å². The summed E-state index contributed by atoms with van der Waals surface area (Å²) in [5.41, 5.74) is 2.32. The van der Waals surface area contributed by atoms with E-state index in [-0.39, 0.29) is 17.7 Å². The van der Waals surface area contributed by atoms with Gasteiger partial charge >= 0.3 is 6.03 Å². The van der Waals surface area contributed by atoms with E-state index in [2.05, 4.69) is 10.4 Å². The van der Waals surface area contributed by atoms with Gasteiger partial charge in [0, 0.05) is 42.9 Å². The highest BCUT2D eigenvalue weighted by molar-refractivity contribution is 7.99. The van der Waals surface area contributed by atoms with Crippen molar-refractivity contribution in [3.8, 4) is 12.1 Å². The molecule has 1 atom stereocenters. The second kappa shape index (κ2) is 10.3. The third kappa shape index (κ3) is 5.35. The summed E-state index contributed by atoms with van der Waals surface area (Å²) in [6, 6.07) is 7.33. The van der Waals surface area contributed by atoms with Crippen LogP contribution in [0.15, 0.2) is 23.2 Å². The van der Waals surface area contributed by atoms with Gasteiger partial charge in [-0.1, -0.05) is 6.92 Å². The van der Waals surface area contributed by atoms with Crippen molar-refractivity contribution >= 4 is 23.5 Å². The Bertz CT molecular complexity index is 1040. The zero-order chi connectivity index (χ0) is 22.4. The molecule has 1 aromatic carbocycles. The molecule has 8 nitrogen and oxygen atoms in total. The number of fused-ring (bicyclic) bond motifs is 3. The Morgan fingerprint density at radius 1 is 1.42 bits per heavy atom. The number of aryl methyl sites for hydroxylation is 1. The third-order valence-electron chi connectivity index (χ3n) is 4.92. The minimum atomic E-state index is -0.611. The number of urea groups is 1. The van der Waals surface area contributed by atoms with Gasteiger partial charge in [0.1, 0.15) is 11.9 Å². The maximum Gasteiger partial charge on any atom is 0.322 e. The molecular formula is C21H23FN6O2S. The van der Waals surface area contributed by atoms with Crippen LogP contribution in [-0.4, -0.2) is 44.2 Å². The number of aliphatic hydroxyl groups is 1. The van der Waals surface area contributed by atoms with E-state index >= 15 is 0 Å². The summed E-state index contributed by atoms with van der Waals surface area (Å²) in [4.78, 5) is 14.3. The van der Waals surface area contributed by atoms with Gasteiger partial charge < -0.3 is 15.3 Å². The van der Waals surface area contributed by atoms with Crippen molar-refractivity contribution in [2.45, 2.75) is 50.4 Å². The van der Waals surface area contributed by atoms with Gasteiger partial charge in [-0.2, -0.15) is 15.6 Å². The smallest absolute Gasteiger partial charge is 0.322 e. The number of carbonyl (C=O) groups is 1. The van der Waals surface area contributed by atoms with Crippen LogP contribution in [0.1, 0.15) is 36.6 Å². The second-order valence-corrected chi connectivity index (χ2v) is 8.14. The van der Waals surface area contributed by atoms with Crippen LogP contribution in [0.25, 0.3) is 0 Å². The molecule has 2 aromatic rings. The second-order valence-electron chi connectivity index (χ2n) is 7.13. The quantitative estimate of drug-likeness (QED) is 0.700. The number of halogens is 1. The van der Waals surface area contributed by atoms with Crippen LogP contribution >= 0.6 is 11.8 Å². The Morgan fingerprint density at radius 2 is 2.19 bits per heavy atom. The van der Waals surface area contributed by atoms with E-state index in [9.17, 15) is 14.3 Å². The van der Waals surface area contributed by atoms with Crippen LogP contribution in [-0.2, 0) is 19.5 Å². The molecule has 0 bridgehead atoms. The zero-order valence-electron chi connectivity index (χ0n) is 17.1. The van der Waals surface area contributed by atoms with Crippen molar-refractivity contribution in [3.05, 3.63) is 40.8 Å². The fourth-order valence-corrected chi connectivity index (χ4v) is 4.46. The highest BCUT2D eigenvalue weighted by Crippen LogP contribution is 2.33. The lowest BCUT2D eigenvalue weighted by Crippen LogP contribution is -2.38. The number of thioether (sulfide) groups is 1. The molecule has 1 unspecified atom stereocenters. The van der Waals surface area contributed by atoms with Crippen LogP contribution in [0.3, 0.4) is 0 Å². The molecule has 2 amide bonds. The first kappa shape index (κ1) is 22.6. The number of aromatic nitrogens is 2. The number of carbonyl (C=O) groups excluding carboxylic acids is 1. The van der Waals surface area contributed by atoms with E-state index in [0.717, 1.165) is 16.3 Å². The van der Waals surface area contributed by atoms with Gasteiger partial charge in [0.25, 0.3) is 0 Å². The molecular weight excluding hydrogens is 419 g/mol. The maximum atomic E-state index is 13.4. The monoisotopic (exact) mass is 442 g/mol. The molecule has 0 saturated carbocycles. The van der Waals surface area contributed by atoms with Crippen molar-refractivity contribution in [1.82, 2.24) is 14.7 Å². The number of nitriles is 2. The average molecular weight is 443 g/mol. The highest BCUT2D eigenvalue weighted by Gasteiger charge is 2.29. The number of nitrogens with one attached hydrogen (secondary N) is 1. The Morgan fingerprint density at radius 3 is 2.90 bits per heavy atom. The minimum absolute atomic E-state index is 0.106. The van der Waals surface area contributed by atoms with Gasteiger partial charge in [0.2, 0.25) is 0 Å². The zero-order valence-corrected chi connectivity index (χ0v) is 18.0. The number of nitrogens with zero attached hydrogens (tertiary/aromatic N) is 5. The van der Waals surface area contributed by atoms with E-state index in [1.807, 2.05) is 17.7 Å². The summed E-state index contributed by atoms with van der Waals surface area (Å²) >= 11 is 1.58. The normalized spacial score (nSPS) is 17.1. The molecule has 0 radical (unpaired) electrons. The molecule has 31 heavy (non-hydrogen) atoms. The molecule has 162 valence electrons. The van der Waals surface area contributed by atoms with E-state index in [0.29, 0.717) is 50.3 Å². The molecule has 10 heteroatoms. The summed E-state index contributed by atoms with van der Waals surface area (Å²) in [5, 5.41) is 34.8. The topological polar surface area (TPSA) is 118 Å². The predicted molar refractivity (Wildman–Crippen MR) is 114 cm³/mol. The largest absolute Gasteiger partial charge is 0.392 e. The van der Waals surface area contributed by atoms with Crippen molar-refractivity contribution in [1.29, 1.82) is 10.5 Å². The minimum Gasteiger partial charge on any atom is -0.392 e. The molecule has 2 aliphatic rings. The summed E-state index contributed by atoms with van der Waals surface area (Å²) in [6.07, 6.45) is 1.62. The van der Waals surface area contributed by atoms with Gasteiger partial charge in [0.15, 0.2) is 0 Å². The Hall–Kier alpha value is -3.08. The number of hydrogen-bond acceptors (Lipinski definition) is 6. The van der Waals surface area contributed by atoms with Crippen LogP contribution in [0.5, 0.6) is 0 Å². The third-order valence-corrected chi connectivity index (χ3v) is 6.20. The highest BCUT2D eigenvalue weighted by atomic mass is 32.2. The van der Waals surface area contributed by atoms with Gasteiger partial charge in [0.05, 0.1) is 35.0 Å². The van der Waals surface area contributed by atoms with E-state index < -0.39 is 5.82 Å². The molecule has 2 N–H and O–H groups in total. The molecule has 0 fully saturated rings. The summed E-state index contributed by atoms with van der Waals surface area (Å²) in [5.74, 6) is 0.0107. The van der Waals surface area contributed by atoms with E-state index in [1.165, 1.54) is 18.2 Å². The SMILES string of the molecule is CCC#N.N#Cc1cc(NC(=O)N2CCc3nn4c(c3C2)SCC(O)CC4)ccc1F. The lowest BCUT2D eigenvalue weighted by molar-refractivity contribution is 0.182. The first-order valence-corrected chi connectivity index (χ1v) is 11.0. The first-order valence-electron chi connectivity index (χ1n) is 9.98. The number of benzene rings is 1. The first-order chi connectivity index (χ1) is 15.0. The Balaban J connectivity index is 0.000000628. The molecule has 0 spiro atoms. The standard InChI is InChI=1S/C18H18FN5O2S.C3H5N/c19-15-2-1-12(7-11(15)8-20)21-18(26)23-5-4-16-14(9-23)17-24(22-16)6-3-13(25)10-27-17;1-2-3-4/h1-2,7,13,25H,3-6,9-10H2,(H,21,26);2H2,1H3. The number of anilines is 1. The molecule has 3 heterocycles. The average Bonchev–Trinajstić information content (AvgIpc) is 3.03. The van der Waals surface area contributed by atoms with Gasteiger partial charge in [-0.15, -0.1) is 11.8 Å². The number of hydrogen-bond donors (Lipinski definition) is 2. The van der Waals surface area contributed by atoms with E-state index in [4.69, 9.17) is 10.5 Å². The Kier molecular flexibility index (Phi) is 7.50. The number of amides is 2. The molecule has 4 rings (SSSR count). The predicted octanol–water partition coefficient (Wildman–Crippen LogP) is 3.26. The number of rotatable bonds is 1. The molecule has 0 aliphatic carbocycles. The summed E-state index contributed by atoms with van der Waals surface area (Å²) < 4.78 is 15.4. The van der Waals surface area contributed by atoms with Crippen LogP contribution in [0, 0.1) is 28.5 Å². The van der Waals surface area contributed by atoms with Crippen LogP contribution in [0.4, 0.5) is 14.9 Å². The van der Waals surface area contributed by atoms with Crippen molar-refractivity contribution in [3.63, 3.8) is 0 Å². The summed E-state index contributed by atoms with van der Waals surface area (Å²) in [6.45, 7) is 3.47. The Labute approximate surface area is 184 Å². The van der Waals surface area contributed by atoms with Gasteiger partial charge in [-0.25, -0.2) is 9.18 Å². The van der Waals surface area contributed by atoms with Crippen molar-refractivity contribution in [2.75, 3.05) is 17.6 Å². The fraction of sp³-hybridized carbons (Fsp3) is 0.429. The molecule has 2 aliphatic heterocycles. The lowest BCUT2D eigenvalue weighted by Gasteiger charge is -2.27. The van der Waals surface area contributed by atoms with Crippen LogP contribution < -0.4 is 5.32 Å². The summed E-state index contributed by atoms with van der Waals surface area (Å²) in [7, 11) is 0. The van der Waals surface area contributed by atoms with Crippen LogP contribution in [0.2, 0.25) is 0 Å². The van der Waals surface area contributed by atoms with Crippen molar-refractivity contribution in [2.24, 2.45) is 0 Å². The van der Waals surface area contributed by atoms with Gasteiger partial charge in [-0.05, 0) is 24.6 Å².